The summed E-state index contributed by atoms with van der Waals surface area (Å²) >= 11 is 0. The molecule has 4 heteroatoms. The molecule has 0 radical (unpaired) electrons. The van der Waals surface area contributed by atoms with Gasteiger partial charge in [-0.3, -0.25) is 4.90 Å². The lowest BCUT2D eigenvalue weighted by Crippen LogP contribution is -2.34. The van der Waals surface area contributed by atoms with Crippen molar-refractivity contribution in [1.82, 2.24) is 4.90 Å². The third kappa shape index (κ3) is 3.19. The zero-order valence-electron chi connectivity index (χ0n) is 13.5. The fraction of sp³-hybridized carbons (Fsp3) is 0.368. The number of hydrogen-bond acceptors (Lipinski definition) is 4. The van der Waals surface area contributed by atoms with Gasteiger partial charge in [0.05, 0.1) is 7.11 Å². The SMILES string of the molecule is COc1ccccc1-c1cccc(CN2CCC[C@H]2CN)c1O. The Balaban J connectivity index is 1.92. The van der Waals surface area contributed by atoms with Gasteiger partial charge in [-0.2, -0.15) is 0 Å². The number of nitrogens with zero attached hydrogens (tertiary/aromatic N) is 1. The summed E-state index contributed by atoms with van der Waals surface area (Å²) in [4.78, 5) is 2.36. The highest BCUT2D eigenvalue weighted by Gasteiger charge is 2.24. The molecule has 0 spiro atoms. The van der Waals surface area contributed by atoms with Crippen molar-refractivity contribution >= 4 is 0 Å². The van der Waals surface area contributed by atoms with Crippen LogP contribution in [-0.2, 0) is 6.54 Å². The van der Waals surface area contributed by atoms with Crippen molar-refractivity contribution in [3.05, 3.63) is 48.0 Å². The number of methoxy groups -OCH3 is 1. The Hall–Kier alpha value is -2.04. The van der Waals surface area contributed by atoms with Crippen LogP contribution in [0.4, 0.5) is 0 Å². The zero-order valence-corrected chi connectivity index (χ0v) is 13.5. The Labute approximate surface area is 137 Å². The molecular formula is C19H24N2O2. The summed E-state index contributed by atoms with van der Waals surface area (Å²) in [7, 11) is 1.65. The molecule has 3 N–H and O–H groups in total. The van der Waals surface area contributed by atoms with E-state index in [0.29, 0.717) is 18.3 Å². The Kier molecular flexibility index (Phi) is 4.84. The molecule has 1 fully saturated rings. The summed E-state index contributed by atoms with van der Waals surface area (Å²) in [6.07, 6.45) is 2.32. The van der Waals surface area contributed by atoms with Gasteiger partial charge in [0.2, 0.25) is 0 Å². The van der Waals surface area contributed by atoms with Crippen LogP contribution in [0.3, 0.4) is 0 Å². The first kappa shape index (κ1) is 15.8. The normalized spacial score (nSPS) is 18.3. The minimum Gasteiger partial charge on any atom is -0.507 e. The minimum atomic E-state index is 0.333. The van der Waals surface area contributed by atoms with Crippen LogP contribution in [-0.4, -0.2) is 36.2 Å². The molecule has 122 valence electrons. The van der Waals surface area contributed by atoms with Crippen LogP contribution in [0.1, 0.15) is 18.4 Å². The molecule has 3 rings (SSSR count). The number of rotatable bonds is 5. The number of ether oxygens (including phenoxy) is 1. The molecule has 0 aliphatic carbocycles. The summed E-state index contributed by atoms with van der Waals surface area (Å²) < 4.78 is 5.42. The van der Waals surface area contributed by atoms with Crippen molar-refractivity contribution < 1.29 is 9.84 Å². The molecule has 1 heterocycles. The second-order valence-electron chi connectivity index (χ2n) is 6.02. The first-order valence-electron chi connectivity index (χ1n) is 8.13. The van der Waals surface area contributed by atoms with E-state index in [9.17, 15) is 5.11 Å². The third-order valence-electron chi connectivity index (χ3n) is 4.66. The number of hydrogen-bond donors (Lipinski definition) is 2. The Morgan fingerprint density at radius 2 is 1.96 bits per heavy atom. The van der Waals surface area contributed by atoms with Gasteiger partial charge >= 0.3 is 0 Å². The molecule has 2 aromatic carbocycles. The summed E-state index contributed by atoms with van der Waals surface area (Å²) in [6, 6.07) is 14.1. The van der Waals surface area contributed by atoms with Crippen LogP contribution in [0.5, 0.6) is 11.5 Å². The predicted octanol–water partition coefficient (Wildman–Crippen LogP) is 2.99. The maximum atomic E-state index is 10.8. The monoisotopic (exact) mass is 312 g/mol. The van der Waals surface area contributed by atoms with Gasteiger partial charge in [-0.25, -0.2) is 0 Å². The number of benzene rings is 2. The van der Waals surface area contributed by atoms with E-state index in [2.05, 4.69) is 4.90 Å². The molecule has 23 heavy (non-hydrogen) atoms. The summed E-state index contributed by atoms with van der Waals surface area (Å²) in [5.41, 5.74) is 8.51. The van der Waals surface area contributed by atoms with Crippen molar-refractivity contribution in [1.29, 1.82) is 0 Å². The molecule has 0 amide bonds. The number of aromatic hydroxyl groups is 1. The van der Waals surface area contributed by atoms with Gasteiger partial charge in [0.15, 0.2) is 0 Å². The van der Waals surface area contributed by atoms with Crippen LogP contribution < -0.4 is 10.5 Å². The third-order valence-corrected chi connectivity index (χ3v) is 4.66. The van der Waals surface area contributed by atoms with Crippen LogP contribution in [0.25, 0.3) is 11.1 Å². The minimum absolute atomic E-state index is 0.333. The maximum Gasteiger partial charge on any atom is 0.128 e. The first-order chi connectivity index (χ1) is 11.2. The lowest BCUT2D eigenvalue weighted by molar-refractivity contribution is 0.247. The topological polar surface area (TPSA) is 58.7 Å². The molecular weight excluding hydrogens is 288 g/mol. The maximum absolute atomic E-state index is 10.8. The highest BCUT2D eigenvalue weighted by molar-refractivity contribution is 5.76. The van der Waals surface area contributed by atoms with Crippen LogP contribution in [0.15, 0.2) is 42.5 Å². The van der Waals surface area contributed by atoms with Gasteiger partial charge in [-0.05, 0) is 25.5 Å². The molecule has 0 unspecified atom stereocenters. The molecule has 0 aromatic heterocycles. The molecule has 4 nitrogen and oxygen atoms in total. The highest BCUT2D eigenvalue weighted by atomic mass is 16.5. The molecule has 2 aromatic rings. The van der Waals surface area contributed by atoms with Crippen molar-refractivity contribution in [2.24, 2.45) is 5.73 Å². The number of likely N-dealkylation sites (tertiary alicyclic amines) is 1. The van der Waals surface area contributed by atoms with E-state index in [1.807, 2.05) is 42.5 Å². The number of nitrogens with two attached hydrogens (primary N) is 1. The van der Waals surface area contributed by atoms with Gasteiger partial charge in [-0.15, -0.1) is 0 Å². The van der Waals surface area contributed by atoms with Crippen LogP contribution in [0, 0.1) is 0 Å². The average molecular weight is 312 g/mol. The van der Waals surface area contributed by atoms with E-state index in [-0.39, 0.29) is 0 Å². The fourth-order valence-electron chi connectivity index (χ4n) is 3.39. The Bertz CT molecular complexity index is 672. The Morgan fingerprint density at radius 3 is 2.74 bits per heavy atom. The van der Waals surface area contributed by atoms with Gasteiger partial charge in [0, 0.05) is 35.8 Å². The van der Waals surface area contributed by atoms with Crippen LogP contribution in [0.2, 0.25) is 0 Å². The van der Waals surface area contributed by atoms with Gasteiger partial charge < -0.3 is 15.6 Å². The van der Waals surface area contributed by atoms with Gasteiger partial charge in [-0.1, -0.05) is 36.4 Å². The highest BCUT2D eigenvalue weighted by Crippen LogP contribution is 2.38. The first-order valence-corrected chi connectivity index (χ1v) is 8.13. The molecule has 1 saturated heterocycles. The lowest BCUT2D eigenvalue weighted by Gasteiger charge is -2.24. The van der Waals surface area contributed by atoms with Gasteiger partial charge in [0.25, 0.3) is 0 Å². The van der Waals surface area contributed by atoms with Crippen molar-refractivity contribution in [2.45, 2.75) is 25.4 Å². The van der Waals surface area contributed by atoms with Crippen molar-refractivity contribution in [3.63, 3.8) is 0 Å². The molecule has 1 aliphatic rings. The fourth-order valence-corrected chi connectivity index (χ4v) is 3.39. The predicted molar refractivity (Wildman–Crippen MR) is 92.6 cm³/mol. The Morgan fingerprint density at radius 1 is 1.17 bits per heavy atom. The van der Waals surface area contributed by atoms with Crippen LogP contribution >= 0.6 is 0 Å². The second kappa shape index (κ2) is 7.02. The van der Waals surface area contributed by atoms with Crippen molar-refractivity contribution in [2.75, 3.05) is 20.2 Å². The smallest absolute Gasteiger partial charge is 0.128 e. The lowest BCUT2D eigenvalue weighted by atomic mass is 10.00. The zero-order chi connectivity index (χ0) is 16.2. The van der Waals surface area contributed by atoms with E-state index in [4.69, 9.17) is 10.5 Å². The standard InChI is InChI=1S/C19H24N2O2/c1-23-18-10-3-2-8-16(18)17-9-4-6-14(19(17)22)13-21-11-5-7-15(21)12-20/h2-4,6,8-10,15,22H,5,7,11-13,20H2,1H3/t15-/m0/s1. The number of phenolic OH excluding ortho intramolecular Hbond substituents is 1. The second-order valence-corrected chi connectivity index (χ2v) is 6.02. The van der Waals surface area contributed by atoms with E-state index in [1.54, 1.807) is 7.11 Å². The summed E-state index contributed by atoms with van der Waals surface area (Å²) in [5, 5.41) is 10.8. The average Bonchev–Trinajstić information content (AvgIpc) is 3.04. The van der Waals surface area contributed by atoms with E-state index in [0.717, 1.165) is 42.0 Å². The number of para-hydroxylation sites is 2. The van der Waals surface area contributed by atoms with E-state index >= 15 is 0 Å². The quantitative estimate of drug-likeness (QED) is 0.891. The van der Waals surface area contributed by atoms with E-state index < -0.39 is 0 Å². The molecule has 1 atom stereocenters. The number of phenols is 1. The van der Waals surface area contributed by atoms with E-state index in [1.165, 1.54) is 6.42 Å². The summed E-state index contributed by atoms with van der Waals surface area (Å²) in [6.45, 7) is 2.45. The van der Waals surface area contributed by atoms with Gasteiger partial charge in [0.1, 0.15) is 11.5 Å². The molecule has 1 aliphatic heterocycles. The molecule has 0 bridgehead atoms. The molecule has 0 saturated carbocycles. The largest absolute Gasteiger partial charge is 0.507 e. The summed E-state index contributed by atoms with van der Waals surface area (Å²) in [5.74, 6) is 1.10. The van der Waals surface area contributed by atoms with Crippen molar-refractivity contribution in [3.8, 4) is 22.6 Å².